The maximum atomic E-state index is 13.5. The van der Waals surface area contributed by atoms with Crippen LogP contribution in [-0.4, -0.2) is 28.0 Å². The van der Waals surface area contributed by atoms with Crippen LogP contribution < -0.4 is 16.0 Å². The Hall–Kier alpha value is -3.75. The van der Waals surface area contributed by atoms with E-state index in [-0.39, 0.29) is 23.3 Å². The minimum atomic E-state index is -0.549. The van der Waals surface area contributed by atoms with E-state index < -0.39 is 10.7 Å². The molecule has 0 amide bonds. The van der Waals surface area contributed by atoms with Gasteiger partial charge >= 0.3 is 5.69 Å². The summed E-state index contributed by atoms with van der Waals surface area (Å²) < 4.78 is 13.5. The number of hydrogen-bond donors (Lipinski definition) is 2. The van der Waals surface area contributed by atoms with Gasteiger partial charge in [-0.1, -0.05) is 36.4 Å². The zero-order chi connectivity index (χ0) is 21.8. The number of aromatic nitrogens is 2. The van der Waals surface area contributed by atoms with Gasteiger partial charge in [-0.15, -0.1) is 0 Å². The SMILES string of the molecule is Nc1nc(Nc2cccc(F)c2)nc(N2CCC(Cc3ccccc3)CC2)c1[N+](=O)[O-]. The monoisotopic (exact) mass is 422 g/mol. The molecule has 160 valence electrons. The van der Waals surface area contributed by atoms with Gasteiger partial charge in [0.25, 0.3) is 0 Å². The molecule has 0 unspecified atom stereocenters. The Labute approximate surface area is 179 Å². The van der Waals surface area contributed by atoms with Crippen LogP contribution in [0.2, 0.25) is 0 Å². The van der Waals surface area contributed by atoms with Gasteiger partial charge in [0.2, 0.25) is 17.6 Å². The summed E-state index contributed by atoms with van der Waals surface area (Å²) in [4.78, 5) is 21.4. The number of nitro groups is 1. The van der Waals surface area contributed by atoms with Gasteiger partial charge in [-0.3, -0.25) is 10.1 Å². The van der Waals surface area contributed by atoms with Gasteiger partial charge in [-0.25, -0.2) is 4.39 Å². The minimum Gasteiger partial charge on any atom is -0.378 e. The molecule has 1 aliphatic heterocycles. The molecule has 2 heterocycles. The molecular weight excluding hydrogens is 399 g/mol. The smallest absolute Gasteiger partial charge is 0.353 e. The zero-order valence-corrected chi connectivity index (χ0v) is 16.9. The highest BCUT2D eigenvalue weighted by atomic mass is 19.1. The lowest BCUT2D eigenvalue weighted by atomic mass is 9.90. The van der Waals surface area contributed by atoms with Gasteiger partial charge in [0.15, 0.2) is 0 Å². The lowest BCUT2D eigenvalue weighted by molar-refractivity contribution is -0.383. The van der Waals surface area contributed by atoms with Gasteiger partial charge in [0, 0.05) is 18.8 Å². The van der Waals surface area contributed by atoms with Crippen LogP contribution >= 0.6 is 0 Å². The Bertz CT molecular complexity index is 1070. The zero-order valence-electron chi connectivity index (χ0n) is 16.9. The van der Waals surface area contributed by atoms with Crippen LogP contribution in [0.3, 0.4) is 0 Å². The summed E-state index contributed by atoms with van der Waals surface area (Å²) in [5, 5.41) is 14.5. The molecule has 0 bridgehead atoms. The first kappa shape index (κ1) is 20.5. The fourth-order valence-corrected chi connectivity index (χ4v) is 3.90. The summed E-state index contributed by atoms with van der Waals surface area (Å²) >= 11 is 0. The molecule has 4 rings (SSSR count). The summed E-state index contributed by atoms with van der Waals surface area (Å²) in [6.07, 6.45) is 2.76. The molecule has 1 saturated heterocycles. The third-order valence-corrected chi connectivity index (χ3v) is 5.44. The van der Waals surface area contributed by atoms with Crippen LogP contribution in [0.1, 0.15) is 18.4 Å². The van der Waals surface area contributed by atoms with Crippen molar-refractivity contribution in [3.05, 3.63) is 76.1 Å². The highest BCUT2D eigenvalue weighted by Gasteiger charge is 2.30. The van der Waals surface area contributed by atoms with Crippen LogP contribution in [-0.2, 0) is 6.42 Å². The predicted octanol–water partition coefficient (Wildman–Crippen LogP) is 4.31. The van der Waals surface area contributed by atoms with E-state index in [0.717, 1.165) is 19.3 Å². The van der Waals surface area contributed by atoms with Crippen LogP contribution in [0.15, 0.2) is 54.6 Å². The first-order chi connectivity index (χ1) is 15.0. The summed E-state index contributed by atoms with van der Waals surface area (Å²) in [7, 11) is 0. The van der Waals surface area contributed by atoms with Gasteiger partial charge in [0.05, 0.1) is 4.92 Å². The first-order valence-corrected chi connectivity index (χ1v) is 10.1. The quantitative estimate of drug-likeness (QED) is 0.450. The number of benzene rings is 2. The molecule has 1 aromatic heterocycles. The molecule has 3 aromatic rings. The van der Waals surface area contributed by atoms with Crippen LogP contribution in [0.4, 0.5) is 33.3 Å². The minimum absolute atomic E-state index is 0.0927. The molecule has 9 heteroatoms. The molecule has 0 saturated carbocycles. The number of anilines is 4. The highest BCUT2D eigenvalue weighted by Crippen LogP contribution is 2.35. The van der Waals surface area contributed by atoms with Gasteiger partial charge in [0.1, 0.15) is 5.82 Å². The number of nitrogens with zero attached hydrogens (tertiary/aromatic N) is 4. The topological polar surface area (TPSA) is 110 Å². The van der Waals surface area contributed by atoms with Crippen molar-refractivity contribution >= 4 is 29.0 Å². The van der Waals surface area contributed by atoms with E-state index in [4.69, 9.17) is 5.73 Å². The lowest BCUT2D eigenvalue weighted by Crippen LogP contribution is -2.35. The van der Waals surface area contributed by atoms with Crippen molar-refractivity contribution in [2.75, 3.05) is 29.0 Å². The molecule has 1 fully saturated rings. The maximum Gasteiger partial charge on any atom is 0.353 e. The number of rotatable bonds is 6. The van der Waals surface area contributed by atoms with E-state index in [1.165, 1.54) is 17.7 Å². The molecule has 0 radical (unpaired) electrons. The lowest BCUT2D eigenvalue weighted by Gasteiger charge is -2.32. The molecular formula is C22H23FN6O2. The Morgan fingerprint density at radius 2 is 1.87 bits per heavy atom. The van der Waals surface area contributed by atoms with E-state index in [1.54, 1.807) is 12.1 Å². The Morgan fingerprint density at radius 1 is 1.13 bits per heavy atom. The van der Waals surface area contributed by atoms with Crippen molar-refractivity contribution < 1.29 is 9.31 Å². The van der Waals surface area contributed by atoms with E-state index in [9.17, 15) is 14.5 Å². The van der Waals surface area contributed by atoms with Crippen molar-refractivity contribution in [2.24, 2.45) is 5.92 Å². The van der Waals surface area contributed by atoms with Crippen LogP contribution in [0.5, 0.6) is 0 Å². The molecule has 3 N–H and O–H groups in total. The van der Waals surface area contributed by atoms with Gasteiger partial charge < -0.3 is 16.0 Å². The summed E-state index contributed by atoms with van der Waals surface area (Å²) in [6, 6.07) is 16.1. The average Bonchev–Trinajstić information content (AvgIpc) is 2.74. The second-order valence-corrected chi connectivity index (χ2v) is 7.62. The molecule has 2 aromatic carbocycles. The van der Waals surface area contributed by atoms with Crippen molar-refractivity contribution in [3.63, 3.8) is 0 Å². The number of nitrogens with one attached hydrogen (secondary N) is 1. The van der Waals surface area contributed by atoms with Gasteiger partial charge in [-0.05, 0) is 48.9 Å². The van der Waals surface area contributed by atoms with Crippen molar-refractivity contribution in [1.82, 2.24) is 9.97 Å². The Balaban J connectivity index is 1.53. The number of piperidine rings is 1. The maximum absolute atomic E-state index is 13.5. The molecule has 0 atom stereocenters. The highest BCUT2D eigenvalue weighted by molar-refractivity contribution is 5.72. The number of nitrogens with two attached hydrogens (primary N) is 1. The largest absolute Gasteiger partial charge is 0.378 e. The predicted molar refractivity (Wildman–Crippen MR) is 118 cm³/mol. The third kappa shape index (κ3) is 4.88. The van der Waals surface area contributed by atoms with Crippen LogP contribution in [0, 0.1) is 21.8 Å². The molecule has 31 heavy (non-hydrogen) atoms. The number of halogens is 1. The van der Waals surface area contributed by atoms with Crippen molar-refractivity contribution in [3.8, 4) is 0 Å². The normalized spacial score (nSPS) is 14.4. The van der Waals surface area contributed by atoms with Crippen LogP contribution in [0.25, 0.3) is 0 Å². The van der Waals surface area contributed by atoms with E-state index in [0.29, 0.717) is 24.7 Å². The Morgan fingerprint density at radius 3 is 2.55 bits per heavy atom. The summed E-state index contributed by atoms with van der Waals surface area (Å²) in [5.74, 6) is 0.146. The standard InChI is InChI=1S/C22H23FN6O2/c23-17-7-4-8-18(14-17)25-22-26-20(24)19(29(30)31)21(27-22)28-11-9-16(10-12-28)13-15-5-2-1-3-6-15/h1-8,14,16H,9-13H2,(H3,24,25,26,27). The molecule has 0 aliphatic carbocycles. The first-order valence-electron chi connectivity index (χ1n) is 10.1. The second-order valence-electron chi connectivity index (χ2n) is 7.62. The number of nitrogen functional groups attached to an aromatic ring is 1. The fraction of sp³-hybridized carbons (Fsp3) is 0.273. The molecule has 0 spiro atoms. The summed E-state index contributed by atoms with van der Waals surface area (Å²) in [5.41, 5.74) is 7.33. The van der Waals surface area contributed by atoms with E-state index >= 15 is 0 Å². The van der Waals surface area contributed by atoms with Crippen molar-refractivity contribution in [1.29, 1.82) is 0 Å². The average molecular weight is 422 g/mol. The molecule has 1 aliphatic rings. The fourth-order valence-electron chi connectivity index (χ4n) is 3.90. The van der Waals surface area contributed by atoms with E-state index in [1.807, 2.05) is 23.1 Å². The summed E-state index contributed by atoms with van der Waals surface area (Å²) in [6.45, 7) is 1.27. The second kappa shape index (κ2) is 8.95. The molecule has 8 nitrogen and oxygen atoms in total. The number of hydrogen-bond acceptors (Lipinski definition) is 7. The Kier molecular flexibility index (Phi) is 5.92. The third-order valence-electron chi connectivity index (χ3n) is 5.44. The van der Waals surface area contributed by atoms with Gasteiger partial charge in [-0.2, -0.15) is 9.97 Å². The van der Waals surface area contributed by atoms with E-state index in [2.05, 4.69) is 27.4 Å². The van der Waals surface area contributed by atoms with Crippen molar-refractivity contribution in [2.45, 2.75) is 19.3 Å².